The fourth-order valence-electron chi connectivity index (χ4n) is 9.13. The smallest absolute Gasteiger partial charge is 0.143 e. The molecule has 0 fully saturated rings. The number of nitrogens with zero attached hydrogens (tertiary/aromatic N) is 1. The summed E-state index contributed by atoms with van der Waals surface area (Å²) >= 11 is 1.85. The second-order valence-electron chi connectivity index (χ2n) is 15.6. The summed E-state index contributed by atoms with van der Waals surface area (Å²) < 4.78 is 9.35. The maximum absolute atomic E-state index is 6.73. The Bertz CT molecular complexity index is 3580. The van der Waals surface area contributed by atoms with E-state index in [9.17, 15) is 0 Å². The summed E-state index contributed by atoms with van der Waals surface area (Å²) in [5, 5.41) is 7.07. The molecule has 0 aliphatic carbocycles. The third-order valence-electron chi connectivity index (χ3n) is 12.1. The first-order valence-corrected chi connectivity index (χ1v) is 21.6. The van der Waals surface area contributed by atoms with E-state index >= 15 is 0 Å². The van der Waals surface area contributed by atoms with Crippen LogP contribution in [0.25, 0.3) is 97.4 Å². The lowest BCUT2D eigenvalue weighted by molar-refractivity contribution is 0.672. The molecule has 0 N–H and O–H groups in total. The van der Waals surface area contributed by atoms with E-state index in [-0.39, 0.29) is 0 Å². The van der Waals surface area contributed by atoms with Crippen LogP contribution in [0.4, 0.5) is 17.1 Å². The van der Waals surface area contributed by atoms with Gasteiger partial charge in [0.2, 0.25) is 0 Å². The van der Waals surface area contributed by atoms with Crippen molar-refractivity contribution in [2.45, 2.75) is 0 Å². The van der Waals surface area contributed by atoms with E-state index in [1.54, 1.807) is 0 Å². The van der Waals surface area contributed by atoms with E-state index in [0.717, 1.165) is 50.0 Å². The Balaban J connectivity index is 1.02. The molecule has 0 amide bonds. The van der Waals surface area contributed by atoms with Gasteiger partial charge in [0.05, 0.1) is 11.1 Å². The summed E-state index contributed by atoms with van der Waals surface area (Å²) in [6.45, 7) is 0. The zero-order valence-corrected chi connectivity index (χ0v) is 33.9. The maximum atomic E-state index is 6.73. The Morgan fingerprint density at radius 3 is 1.82 bits per heavy atom. The minimum Gasteiger partial charge on any atom is -0.455 e. The van der Waals surface area contributed by atoms with Crippen LogP contribution in [0, 0.1) is 0 Å². The minimum absolute atomic E-state index is 0.864. The Kier molecular flexibility index (Phi) is 8.39. The summed E-state index contributed by atoms with van der Waals surface area (Å²) in [5.41, 5.74) is 14.5. The van der Waals surface area contributed by atoms with Crippen molar-refractivity contribution in [3.05, 3.63) is 224 Å². The molecule has 0 radical (unpaired) electrons. The number of fused-ring (bicyclic) bond motifs is 8. The molecule has 0 aliphatic rings. The van der Waals surface area contributed by atoms with E-state index < -0.39 is 0 Å². The van der Waals surface area contributed by atoms with Gasteiger partial charge < -0.3 is 9.32 Å². The topological polar surface area (TPSA) is 16.4 Å². The van der Waals surface area contributed by atoms with Crippen LogP contribution in [-0.4, -0.2) is 0 Å². The number of hydrogen-bond donors (Lipinski definition) is 0. The quantitative estimate of drug-likeness (QED) is 0.160. The molecule has 10 aromatic carbocycles. The predicted octanol–water partition coefficient (Wildman–Crippen LogP) is 17.2. The van der Waals surface area contributed by atoms with Gasteiger partial charge in [-0.1, -0.05) is 158 Å². The molecule has 0 bridgehead atoms. The molecule has 0 spiro atoms. The van der Waals surface area contributed by atoms with Crippen LogP contribution in [0.15, 0.2) is 229 Å². The maximum Gasteiger partial charge on any atom is 0.143 e. The highest BCUT2D eigenvalue weighted by molar-refractivity contribution is 7.25. The Morgan fingerprint density at radius 1 is 0.344 bits per heavy atom. The Labute approximate surface area is 357 Å². The monoisotopic (exact) mass is 795 g/mol. The molecule has 0 atom stereocenters. The summed E-state index contributed by atoms with van der Waals surface area (Å²) in [7, 11) is 0. The second kappa shape index (κ2) is 14.5. The van der Waals surface area contributed by atoms with Gasteiger partial charge in [0.25, 0.3) is 0 Å². The molecule has 3 heteroatoms. The molecule has 2 nitrogen and oxygen atoms in total. The van der Waals surface area contributed by atoms with Crippen molar-refractivity contribution < 1.29 is 4.42 Å². The van der Waals surface area contributed by atoms with Crippen molar-refractivity contribution in [2.75, 3.05) is 4.90 Å². The lowest BCUT2D eigenvalue weighted by Crippen LogP contribution is -2.10. The van der Waals surface area contributed by atoms with Crippen molar-refractivity contribution >= 4 is 81.3 Å². The summed E-state index contributed by atoms with van der Waals surface area (Å²) in [6, 6.07) is 81.2. The van der Waals surface area contributed by atoms with Gasteiger partial charge in [-0.3, -0.25) is 0 Å². The normalized spacial score (nSPS) is 11.6. The lowest BCUT2D eigenvalue weighted by Gasteiger charge is -2.27. The van der Waals surface area contributed by atoms with Gasteiger partial charge in [0.1, 0.15) is 11.2 Å². The molecule has 12 aromatic rings. The second-order valence-corrected chi connectivity index (χ2v) is 16.7. The van der Waals surface area contributed by atoms with Gasteiger partial charge in [-0.25, -0.2) is 0 Å². The van der Waals surface area contributed by atoms with Gasteiger partial charge >= 0.3 is 0 Å². The number of thiophene rings is 1. The molecule has 12 rings (SSSR count). The van der Waals surface area contributed by atoms with Gasteiger partial charge in [-0.15, -0.1) is 11.3 Å². The first kappa shape index (κ1) is 35.2. The fraction of sp³-hybridized carbons (Fsp3) is 0. The molecular formula is C58H37NOS. The van der Waals surface area contributed by atoms with E-state index in [4.69, 9.17) is 4.42 Å². The highest BCUT2D eigenvalue weighted by atomic mass is 32.1. The van der Waals surface area contributed by atoms with E-state index in [1.165, 1.54) is 64.5 Å². The Hall–Kier alpha value is -7.72. The van der Waals surface area contributed by atoms with Crippen LogP contribution in [0.1, 0.15) is 0 Å². The van der Waals surface area contributed by atoms with Crippen LogP contribution in [0.5, 0.6) is 0 Å². The summed E-state index contributed by atoms with van der Waals surface area (Å²) in [5.74, 6) is 0. The highest BCUT2D eigenvalue weighted by Gasteiger charge is 2.21. The molecular weight excluding hydrogens is 759 g/mol. The standard InChI is InChI=1S/C58H37NOS/c1-3-13-39(14-4-1)47-32-28-43(36-51(47)40-15-5-2-6-16-40)38-25-30-45(31-26-38)59(53-22-12-23-54-57(53)50-33-27-41-17-7-8-20-48(41)58(50)60-54)46-19-11-18-42(35-46)44-29-34-56-52(37-44)49-21-9-10-24-55(49)61-56/h1-37H. The van der Waals surface area contributed by atoms with E-state index in [1.807, 2.05) is 11.3 Å². The van der Waals surface area contributed by atoms with Gasteiger partial charge in [-0.05, 0) is 117 Å². The fourth-order valence-corrected chi connectivity index (χ4v) is 10.2. The molecule has 0 saturated heterocycles. The zero-order chi connectivity index (χ0) is 40.3. The molecule has 61 heavy (non-hydrogen) atoms. The predicted molar refractivity (Wildman–Crippen MR) is 261 cm³/mol. The number of rotatable bonds is 7. The lowest BCUT2D eigenvalue weighted by atomic mass is 9.91. The number of benzene rings is 10. The zero-order valence-electron chi connectivity index (χ0n) is 33.1. The Morgan fingerprint density at radius 2 is 0.984 bits per heavy atom. The van der Waals surface area contributed by atoms with Crippen molar-refractivity contribution in [2.24, 2.45) is 0 Å². The first-order chi connectivity index (χ1) is 30.2. The van der Waals surface area contributed by atoms with Crippen molar-refractivity contribution in [3.63, 3.8) is 0 Å². The molecule has 0 unspecified atom stereocenters. The van der Waals surface area contributed by atoms with Crippen LogP contribution in [0.2, 0.25) is 0 Å². The van der Waals surface area contributed by atoms with Gasteiger partial charge in [0.15, 0.2) is 0 Å². The molecule has 286 valence electrons. The third-order valence-corrected chi connectivity index (χ3v) is 13.2. The largest absolute Gasteiger partial charge is 0.455 e. The van der Waals surface area contributed by atoms with Crippen molar-refractivity contribution in [1.82, 2.24) is 0 Å². The van der Waals surface area contributed by atoms with Crippen LogP contribution >= 0.6 is 11.3 Å². The van der Waals surface area contributed by atoms with Crippen molar-refractivity contribution in [1.29, 1.82) is 0 Å². The SMILES string of the molecule is c1ccc(-c2ccc(-c3ccc(N(c4cccc(-c5ccc6sc7ccccc7c6c5)c4)c4cccc5oc6c7ccccc7ccc6c45)cc3)cc2-c2ccccc2)cc1. The van der Waals surface area contributed by atoms with E-state index in [2.05, 4.69) is 229 Å². The number of furan rings is 1. The average molecular weight is 796 g/mol. The molecule has 0 aliphatic heterocycles. The van der Waals surface area contributed by atoms with Gasteiger partial charge in [-0.2, -0.15) is 0 Å². The van der Waals surface area contributed by atoms with Gasteiger partial charge in [0, 0.05) is 42.3 Å². The first-order valence-electron chi connectivity index (χ1n) is 20.7. The van der Waals surface area contributed by atoms with Crippen molar-refractivity contribution in [3.8, 4) is 44.5 Å². The molecule has 2 aromatic heterocycles. The molecule has 0 saturated carbocycles. The number of hydrogen-bond acceptors (Lipinski definition) is 3. The number of anilines is 3. The summed E-state index contributed by atoms with van der Waals surface area (Å²) in [6.07, 6.45) is 0. The van der Waals surface area contributed by atoms with Crippen LogP contribution < -0.4 is 4.90 Å². The highest BCUT2D eigenvalue weighted by Crippen LogP contribution is 2.46. The van der Waals surface area contributed by atoms with E-state index in [0.29, 0.717) is 0 Å². The average Bonchev–Trinajstić information content (AvgIpc) is 3.91. The van der Waals surface area contributed by atoms with Crippen LogP contribution in [-0.2, 0) is 0 Å². The van der Waals surface area contributed by atoms with Crippen LogP contribution in [0.3, 0.4) is 0 Å². The third kappa shape index (κ3) is 6.09. The summed E-state index contributed by atoms with van der Waals surface area (Å²) in [4.78, 5) is 2.40. The minimum atomic E-state index is 0.864. The molecule has 2 heterocycles.